The van der Waals surface area contributed by atoms with Gasteiger partial charge in [0.15, 0.2) is 0 Å². The molecule has 1 aromatic carbocycles. The van der Waals surface area contributed by atoms with E-state index in [1.807, 2.05) is 0 Å². The van der Waals surface area contributed by atoms with E-state index in [9.17, 15) is 17.6 Å². The Bertz CT molecular complexity index is 616. The minimum absolute atomic E-state index is 0.185. The second kappa shape index (κ2) is 6.85. The summed E-state index contributed by atoms with van der Waals surface area (Å²) in [4.78, 5) is 13.0. The number of halogens is 2. The highest BCUT2D eigenvalue weighted by atomic mass is 35.7. The van der Waals surface area contributed by atoms with Crippen molar-refractivity contribution >= 4 is 25.6 Å². The molecule has 110 valence electrons. The average molecular weight is 320 g/mol. The predicted octanol–water partition coefficient (Wildman–Crippen LogP) is 2.79. The molecule has 0 heterocycles. The first kappa shape index (κ1) is 16.7. The first-order valence-corrected chi connectivity index (χ1v) is 8.19. The lowest BCUT2D eigenvalue weighted by molar-refractivity contribution is 0.0789. The van der Waals surface area contributed by atoms with Crippen molar-refractivity contribution in [2.24, 2.45) is 0 Å². The van der Waals surface area contributed by atoms with Crippen LogP contribution in [-0.4, -0.2) is 32.8 Å². The molecule has 0 bridgehead atoms. The molecule has 0 aliphatic carbocycles. The van der Waals surface area contributed by atoms with Gasteiger partial charge in [0, 0.05) is 24.3 Å². The Morgan fingerprint density at radius 3 is 2.65 bits per heavy atom. The average Bonchev–Trinajstić information content (AvgIpc) is 2.37. The summed E-state index contributed by atoms with van der Waals surface area (Å²) in [6.45, 7) is 4.03. The zero-order valence-electron chi connectivity index (χ0n) is 11.0. The van der Waals surface area contributed by atoms with Gasteiger partial charge in [-0.3, -0.25) is 4.79 Å². The van der Waals surface area contributed by atoms with E-state index in [1.165, 1.54) is 4.90 Å². The topological polar surface area (TPSA) is 54.5 Å². The number of amides is 1. The van der Waals surface area contributed by atoms with Gasteiger partial charge in [-0.2, -0.15) is 0 Å². The molecule has 0 fully saturated rings. The first-order chi connectivity index (χ1) is 9.27. The van der Waals surface area contributed by atoms with Gasteiger partial charge >= 0.3 is 0 Å². The molecule has 1 rings (SSSR count). The molecule has 4 nitrogen and oxygen atoms in total. The van der Waals surface area contributed by atoms with Gasteiger partial charge in [-0.05, 0) is 31.0 Å². The standard InChI is InChI=1S/C13H15ClFNO3S/c1-3-4-5-8-16(2)13(17)11-7-6-10(9-12(11)15)20(14,18)19/h3,6-7,9H,1,4-5,8H2,2H3. The Morgan fingerprint density at radius 1 is 1.50 bits per heavy atom. The monoisotopic (exact) mass is 319 g/mol. The van der Waals surface area contributed by atoms with Gasteiger partial charge in [-0.1, -0.05) is 6.08 Å². The zero-order valence-corrected chi connectivity index (χ0v) is 12.5. The first-order valence-electron chi connectivity index (χ1n) is 5.88. The highest BCUT2D eigenvalue weighted by molar-refractivity contribution is 8.13. The van der Waals surface area contributed by atoms with Crippen LogP contribution >= 0.6 is 10.7 Å². The number of hydrogen-bond acceptors (Lipinski definition) is 3. The lowest BCUT2D eigenvalue weighted by Gasteiger charge is -2.17. The lowest BCUT2D eigenvalue weighted by Crippen LogP contribution is -2.28. The molecule has 0 saturated carbocycles. The Kier molecular flexibility index (Phi) is 5.71. The van der Waals surface area contributed by atoms with Crippen molar-refractivity contribution < 1.29 is 17.6 Å². The molecule has 0 radical (unpaired) electrons. The van der Waals surface area contributed by atoms with Crippen LogP contribution in [-0.2, 0) is 9.05 Å². The molecule has 0 N–H and O–H groups in total. The fraction of sp³-hybridized carbons (Fsp3) is 0.308. The smallest absolute Gasteiger partial charge is 0.261 e. The minimum Gasteiger partial charge on any atom is -0.342 e. The molecule has 1 aromatic rings. The van der Waals surface area contributed by atoms with Crippen molar-refractivity contribution in [2.45, 2.75) is 17.7 Å². The summed E-state index contributed by atoms with van der Waals surface area (Å²) >= 11 is 0. The zero-order chi connectivity index (χ0) is 15.3. The number of allylic oxidation sites excluding steroid dienone is 1. The molecule has 0 spiro atoms. The number of nitrogens with zero attached hydrogens (tertiary/aromatic N) is 1. The van der Waals surface area contributed by atoms with E-state index in [0.717, 1.165) is 31.0 Å². The van der Waals surface area contributed by atoms with E-state index in [2.05, 4.69) is 6.58 Å². The summed E-state index contributed by atoms with van der Waals surface area (Å²) in [7, 11) is 2.65. The van der Waals surface area contributed by atoms with Crippen LogP contribution < -0.4 is 0 Å². The third-order valence-corrected chi connectivity index (χ3v) is 4.05. The summed E-state index contributed by atoms with van der Waals surface area (Å²) in [5.41, 5.74) is -0.185. The number of carbonyl (C=O) groups is 1. The Labute approximate surface area is 122 Å². The third kappa shape index (κ3) is 4.31. The molecule has 0 aromatic heterocycles. The second-order valence-corrected chi connectivity index (χ2v) is 6.80. The number of carbonyl (C=O) groups excluding carboxylic acids is 1. The van der Waals surface area contributed by atoms with E-state index in [4.69, 9.17) is 10.7 Å². The van der Waals surface area contributed by atoms with Crippen LogP contribution in [0.3, 0.4) is 0 Å². The van der Waals surface area contributed by atoms with Crippen molar-refractivity contribution in [1.29, 1.82) is 0 Å². The largest absolute Gasteiger partial charge is 0.342 e. The van der Waals surface area contributed by atoms with E-state index in [0.29, 0.717) is 6.54 Å². The van der Waals surface area contributed by atoms with Crippen LogP contribution in [0, 0.1) is 5.82 Å². The van der Waals surface area contributed by atoms with E-state index in [1.54, 1.807) is 13.1 Å². The van der Waals surface area contributed by atoms with Crippen LogP contribution in [0.1, 0.15) is 23.2 Å². The summed E-state index contributed by atoms with van der Waals surface area (Å²) in [5.74, 6) is -1.42. The van der Waals surface area contributed by atoms with Crippen LogP contribution in [0.5, 0.6) is 0 Å². The van der Waals surface area contributed by atoms with Gasteiger partial charge in [0.1, 0.15) is 5.82 Å². The molecule has 0 unspecified atom stereocenters. The van der Waals surface area contributed by atoms with Crippen LogP contribution in [0.4, 0.5) is 4.39 Å². The van der Waals surface area contributed by atoms with E-state index in [-0.39, 0.29) is 10.5 Å². The number of benzene rings is 1. The molecule has 0 saturated heterocycles. The maximum absolute atomic E-state index is 13.8. The van der Waals surface area contributed by atoms with Crippen molar-refractivity contribution in [3.8, 4) is 0 Å². The molecular weight excluding hydrogens is 305 g/mol. The van der Waals surface area contributed by atoms with Gasteiger partial charge < -0.3 is 4.90 Å². The fourth-order valence-corrected chi connectivity index (χ4v) is 2.36. The minimum atomic E-state index is -4.01. The molecule has 20 heavy (non-hydrogen) atoms. The fourth-order valence-electron chi connectivity index (χ4n) is 1.60. The van der Waals surface area contributed by atoms with Crippen molar-refractivity contribution in [3.05, 3.63) is 42.2 Å². The third-order valence-electron chi connectivity index (χ3n) is 2.70. The van der Waals surface area contributed by atoms with Crippen molar-refractivity contribution in [2.75, 3.05) is 13.6 Å². The van der Waals surface area contributed by atoms with Gasteiger partial charge in [-0.25, -0.2) is 12.8 Å². The van der Waals surface area contributed by atoms with Crippen LogP contribution in [0.25, 0.3) is 0 Å². The van der Waals surface area contributed by atoms with Crippen molar-refractivity contribution in [3.63, 3.8) is 0 Å². The number of hydrogen-bond donors (Lipinski definition) is 0. The highest BCUT2D eigenvalue weighted by Gasteiger charge is 2.19. The maximum atomic E-state index is 13.8. The Morgan fingerprint density at radius 2 is 2.15 bits per heavy atom. The Hall–Kier alpha value is -1.40. The van der Waals surface area contributed by atoms with Gasteiger partial charge in [0.05, 0.1) is 10.5 Å². The summed E-state index contributed by atoms with van der Waals surface area (Å²) in [5, 5.41) is 0. The van der Waals surface area contributed by atoms with E-state index < -0.39 is 20.8 Å². The number of unbranched alkanes of at least 4 members (excludes halogenated alkanes) is 1. The second-order valence-electron chi connectivity index (χ2n) is 4.24. The quantitative estimate of drug-likeness (QED) is 0.460. The molecule has 0 atom stereocenters. The highest BCUT2D eigenvalue weighted by Crippen LogP contribution is 2.19. The lowest BCUT2D eigenvalue weighted by atomic mass is 10.2. The summed E-state index contributed by atoms with van der Waals surface area (Å²) in [6.07, 6.45) is 3.21. The van der Waals surface area contributed by atoms with Gasteiger partial charge in [0.2, 0.25) is 0 Å². The van der Waals surface area contributed by atoms with Crippen LogP contribution in [0.2, 0.25) is 0 Å². The van der Waals surface area contributed by atoms with E-state index >= 15 is 0 Å². The molecule has 0 aliphatic heterocycles. The molecule has 7 heteroatoms. The predicted molar refractivity (Wildman–Crippen MR) is 75.8 cm³/mol. The molecular formula is C13H15ClFNO3S. The normalized spacial score (nSPS) is 11.2. The molecule has 0 aliphatic rings. The van der Waals surface area contributed by atoms with Crippen molar-refractivity contribution in [1.82, 2.24) is 4.90 Å². The SMILES string of the molecule is C=CCCCN(C)C(=O)c1ccc(S(=O)(=O)Cl)cc1F. The van der Waals surface area contributed by atoms with Gasteiger partial charge in [-0.15, -0.1) is 6.58 Å². The summed E-state index contributed by atoms with van der Waals surface area (Å²) in [6, 6.07) is 2.97. The molecule has 1 amide bonds. The maximum Gasteiger partial charge on any atom is 0.261 e. The van der Waals surface area contributed by atoms with Crippen LogP contribution in [0.15, 0.2) is 35.7 Å². The number of rotatable bonds is 6. The van der Waals surface area contributed by atoms with Gasteiger partial charge in [0.25, 0.3) is 15.0 Å². The Balaban J connectivity index is 2.92. The summed E-state index contributed by atoms with van der Waals surface area (Å²) < 4.78 is 35.9.